The molecule has 0 radical (unpaired) electrons. The SMILES string of the molecule is Cc1ccc(-c2ccc(NC(=O)Nc3cccc(Cl)c3)cc2)c2c(N)noc12. The topological polar surface area (TPSA) is 93.2 Å². The Morgan fingerprint density at radius 3 is 2.54 bits per heavy atom. The summed E-state index contributed by atoms with van der Waals surface area (Å²) < 4.78 is 5.33. The van der Waals surface area contributed by atoms with Gasteiger partial charge < -0.3 is 20.9 Å². The van der Waals surface area contributed by atoms with Crippen molar-refractivity contribution < 1.29 is 9.32 Å². The minimum Gasteiger partial charge on any atom is -0.380 e. The molecule has 1 heterocycles. The number of nitrogens with zero attached hydrogens (tertiary/aromatic N) is 1. The number of fused-ring (bicyclic) bond motifs is 1. The molecule has 0 aliphatic rings. The lowest BCUT2D eigenvalue weighted by Gasteiger charge is -2.09. The first-order chi connectivity index (χ1) is 13.5. The summed E-state index contributed by atoms with van der Waals surface area (Å²) in [5.41, 5.74) is 10.8. The number of anilines is 3. The third-order valence-electron chi connectivity index (χ3n) is 4.38. The second kappa shape index (κ2) is 7.25. The fourth-order valence-corrected chi connectivity index (χ4v) is 3.22. The number of amides is 2. The lowest BCUT2D eigenvalue weighted by molar-refractivity contribution is 0.262. The van der Waals surface area contributed by atoms with Crippen molar-refractivity contribution in [2.75, 3.05) is 16.4 Å². The number of rotatable bonds is 3. The standard InChI is InChI=1S/C21H17ClN4O2/c1-12-5-10-17(18-19(12)28-26-20(18)23)13-6-8-15(9-7-13)24-21(27)25-16-4-2-3-14(22)11-16/h2-11H,1H3,(H2,23,26)(H2,24,25,27). The number of nitrogen functional groups attached to an aromatic ring is 1. The van der Waals surface area contributed by atoms with Crippen molar-refractivity contribution in [3.8, 4) is 11.1 Å². The summed E-state index contributed by atoms with van der Waals surface area (Å²) in [6, 6.07) is 18.0. The van der Waals surface area contributed by atoms with Gasteiger partial charge in [0.2, 0.25) is 0 Å². The normalized spacial score (nSPS) is 10.8. The van der Waals surface area contributed by atoms with Crippen molar-refractivity contribution in [1.29, 1.82) is 0 Å². The molecule has 7 heteroatoms. The number of hydrogen-bond acceptors (Lipinski definition) is 4. The van der Waals surface area contributed by atoms with E-state index in [0.717, 1.165) is 22.1 Å². The first-order valence-corrected chi connectivity index (χ1v) is 8.97. The molecule has 0 fully saturated rings. The van der Waals surface area contributed by atoms with Crippen LogP contribution in [0.2, 0.25) is 5.02 Å². The summed E-state index contributed by atoms with van der Waals surface area (Å²) in [5, 5.41) is 10.8. The number of nitrogens with two attached hydrogens (primary N) is 1. The van der Waals surface area contributed by atoms with Gasteiger partial charge in [0, 0.05) is 16.4 Å². The van der Waals surface area contributed by atoms with Gasteiger partial charge in [-0.25, -0.2) is 4.79 Å². The zero-order valence-electron chi connectivity index (χ0n) is 15.0. The fraction of sp³-hybridized carbons (Fsp3) is 0.0476. The lowest BCUT2D eigenvalue weighted by atomic mass is 9.99. The summed E-state index contributed by atoms with van der Waals surface area (Å²) in [4.78, 5) is 12.2. The molecule has 4 N–H and O–H groups in total. The van der Waals surface area contributed by atoms with E-state index in [4.69, 9.17) is 21.9 Å². The molecule has 1 aromatic heterocycles. The molecule has 0 saturated carbocycles. The molecule has 0 saturated heterocycles. The van der Waals surface area contributed by atoms with Gasteiger partial charge in [0.05, 0.1) is 5.39 Å². The van der Waals surface area contributed by atoms with Crippen LogP contribution in [-0.2, 0) is 0 Å². The number of aryl methyl sites for hydroxylation is 1. The molecule has 0 unspecified atom stereocenters. The number of hydrogen-bond donors (Lipinski definition) is 3. The highest BCUT2D eigenvalue weighted by molar-refractivity contribution is 6.30. The summed E-state index contributed by atoms with van der Waals surface area (Å²) in [7, 11) is 0. The van der Waals surface area contributed by atoms with E-state index in [1.54, 1.807) is 24.3 Å². The molecule has 0 bridgehead atoms. The number of halogens is 1. The van der Waals surface area contributed by atoms with Gasteiger partial charge >= 0.3 is 6.03 Å². The van der Waals surface area contributed by atoms with Crippen LogP contribution in [0.25, 0.3) is 22.1 Å². The summed E-state index contributed by atoms with van der Waals surface area (Å²) in [5.74, 6) is 0.358. The fourth-order valence-electron chi connectivity index (χ4n) is 3.03. The van der Waals surface area contributed by atoms with Crippen LogP contribution >= 0.6 is 11.6 Å². The third-order valence-corrected chi connectivity index (χ3v) is 4.62. The van der Waals surface area contributed by atoms with Crippen LogP contribution in [0.5, 0.6) is 0 Å². The first-order valence-electron chi connectivity index (χ1n) is 8.60. The van der Waals surface area contributed by atoms with E-state index in [1.807, 2.05) is 43.3 Å². The summed E-state index contributed by atoms with van der Waals surface area (Å²) in [6.07, 6.45) is 0. The number of carbonyl (C=O) groups is 1. The molecule has 0 atom stereocenters. The van der Waals surface area contributed by atoms with Crippen LogP contribution in [0.15, 0.2) is 65.2 Å². The van der Waals surface area contributed by atoms with Crippen LogP contribution < -0.4 is 16.4 Å². The van der Waals surface area contributed by atoms with Gasteiger partial charge in [0.25, 0.3) is 0 Å². The molecule has 0 spiro atoms. The summed E-state index contributed by atoms with van der Waals surface area (Å²) in [6.45, 7) is 1.95. The van der Waals surface area contributed by atoms with Gasteiger partial charge in [-0.05, 0) is 53.9 Å². The van der Waals surface area contributed by atoms with Crippen LogP contribution in [0.1, 0.15) is 5.56 Å². The molecule has 4 aromatic rings. The van der Waals surface area contributed by atoms with Crippen molar-refractivity contribution in [3.05, 3.63) is 71.2 Å². The molecule has 3 aromatic carbocycles. The Labute approximate surface area is 166 Å². The quantitative estimate of drug-likeness (QED) is 0.418. The first kappa shape index (κ1) is 17.9. The van der Waals surface area contributed by atoms with Crippen molar-refractivity contribution in [2.45, 2.75) is 6.92 Å². The highest BCUT2D eigenvalue weighted by Crippen LogP contribution is 2.34. The van der Waals surface area contributed by atoms with Gasteiger partial charge in [-0.15, -0.1) is 0 Å². The van der Waals surface area contributed by atoms with Crippen LogP contribution in [-0.4, -0.2) is 11.2 Å². The molecular formula is C21H17ClN4O2. The Kier molecular flexibility index (Phi) is 4.63. The van der Waals surface area contributed by atoms with Crippen molar-refractivity contribution in [3.63, 3.8) is 0 Å². The minimum absolute atomic E-state index is 0.351. The van der Waals surface area contributed by atoms with Crippen LogP contribution in [0.4, 0.5) is 22.0 Å². The number of urea groups is 1. The Bertz CT molecular complexity index is 1170. The molecule has 6 nitrogen and oxygen atoms in total. The predicted molar refractivity (Wildman–Crippen MR) is 113 cm³/mol. The van der Waals surface area contributed by atoms with Gasteiger partial charge in [0.15, 0.2) is 11.4 Å². The number of aromatic nitrogens is 1. The molecule has 2 amide bonds. The zero-order valence-corrected chi connectivity index (χ0v) is 15.7. The van der Waals surface area contributed by atoms with E-state index in [9.17, 15) is 4.79 Å². The van der Waals surface area contributed by atoms with Gasteiger partial charge in [-0.3, -0.25) is 0 Å². The van der Waals surface area contributed by atoms with E-state index < -0.39 is 0 Å². The largest absolute Gasteiger partial charge is 0.380 e. The molecular weight excluding hydrogens is 376 g/mol. The molecule has 4 rings (SSSR count). The maximum atomic E-state index is 12.2. The van der Waals surface area contributed by atoms with Crippen LogP contribution in [0, 0.1) is 6.92 Å². The molecule has 0 aliphatic carbocycles. The van der Waals surface area contributed by atoms with E-state index >= 15 is 0 Å². The average molecular weight is 393 g/mol. The Hall–Kier alpha value is -3.51. The smallest absolute Gasteiger partial charge is 0.323 e. The molecule has 140 valence electrons. The lowest BCUT2D eigenvalue weighted by Crippen LogP contribution is -2.19. The molecule has 28 heavy (non-hydrogen) atoms. The average Bonchev–Trinajstić information content (AvgIpc) is 3.06. The highest BCUT2D eigenvalue weighted by atomic mass is 35.5. The Morgan fingerprint density at radius 2 is 1.79 bits per heavy atom. The van der Waals surface area contributed by atoms with E-state index in [0.29, 0.717) is 27.8 Å². The summed E-state index contributed by atoms with van der Waals surface area (Å²) >= 11 is 5.93. The second-order valence-electron chi connectivity index (χ2n) is 6.37. The monoisotopic (exact) mass is 392 g/mol. The van der Waals surface area contributed by atoms with Crippen LogP contribution in [0.3, 0.4) is 0 Å². The number of nitrogens with one attached hydrogen (secondary N) is 2. The van der Waals surface area contributed by atoms with Crippen molar-refractivity contribution in [2.24, 2.45) is 0 Å². The van der Waals surface area contributed by atoms with Gasteiger partial charge in [-0.1, -0.05) is 47.1 Å². The number of carbonyl (C=O) groups excluding carboxylic acids is 1. The highest BCUT2D eigenvalue weighted by Gasteiger charge is 2.14. The third kappa shape index (κ3) is 3.50. The maximum Gasteiger partial charge on any atom is 0.323 e. The minimum atomic E-state index is -0.351. The molecule has 0 aliphatic heterocycles. The van der Waals surface area contributed by atoms with E-state index in [-0.39, 0.29) is 6.03 Å². The predicted octanol–water partition coefficient (Wildman–Crippen LogP) is 5.68. The number of benzene rings is 3. The van der Waals surface area contributed by atoms with Gasteiger partial charge in [-0.2, -0.15) is 0 Å². The van der Waals surface area contributed by atoms with E-state index in [1.165, 1.54) is 0 Å². The Morgan fingerprint density at radius 1 is 1.04 bits per heavy atom. The van der Waals surface area contributed by atoms with Crippen molar-refractivity contribution >= 4 is 45.8 Å². The maximum absolute atomic E-state index is 12.2. The second-order valence-corrected chi connectivity index (χ2v) is 6.81. The zero-order chi connectivity index (χ0) is 19.7. The Balaban J connectivity index is 1.54. The van der Waals surface area contributed by atoms with Gasteiger partial charge in [0.1, 0.15) is 0 Å². The van der Waals surface area contributed by atoms with E-state index in [2.05, 4.69) is 15.8 Å². The van der Waals surface area contributed by atoms with Crippen molar-refractivity contribution in [1.82, 2.24) is 5.16 Å².